The van der Waals surface area contributed by atoms with Gasteiger partial charge in [0.2, 0.25) is 11.8 Å². The quantitative estimate of drug-likeness (QED) is 0.637. The standard InChI is InChI=1S/C11H10Br2N4O/c1-6-5-15-11(17-14)16-10(6)18-9-3-2-7(12)4-8(9)13/h2-5H,14H2,1H3,(H,15,16,17). The van der Waals surface area contributed by atoms with E-state index in [-0.39, 0.29) is 0 Å². The first-order valence-electron chi connectivity index (χ1n) is 5.03. The number of hydrazine groups is 1. The first kappa shape index (κ1) is 13.3. The van der Waals surface area contributed by atoms with Crippen LogP contribution in [0.2, 0.25) is 0 Å². The molecule has 94 valence electrons. The molecule has 0 saturated carbocycles. The van der Waals surface area contributed by atoms with Crippen LogP contribution in [-0.2, 0) is 0 Å². The van der Waals surface area contributed by atoms with Crippen LogP contribution < -0.4 is 16.0 Å². The van der Waals surface area contributed by atoms with Crippen molar-refractivity contribution < 1.29 is 4.74 Å². The molecule has 18 heavy (non-hydrogen) atoms. The number of ether oxygens (including phenoxy) is 1. The van der Waals surface area contributed by atoms with E-state index in [1.54, 1.807) is 6.20 Å². The lowest BCUT2D eigenvalue weighted by atomic mass is 10.3. The Morgan fingerprint density at radius 2 is 2.11 bits per heavy atom. The molecule has 1 aromatic heterocycles. The van der Waals surface area contributed by atoms with Crippen molar-refractivity contribution in [2.45, 2.75) is 6.92 Å². The second-order valence-electron chi connectivity index (χ2n) is 3.50. The van der Waals surface area contributed by atoms with Gasteiger partial charge < -0.3 is 4.74 Å². The third kappa shape index (κ3) is 2.98. The van der Waals surface area contributed by atoms with Gasteiger partial charge in [0.25, 0.3) is 0 Å². The molecule has 0 amide bonds. The van der Waals surface area contributed by atoms with Gasteiger partial charge in [0.1, 0.15) is 5.75 Å². The summed E-state index contributed by atoms with van der Waals surface area (Å²) in [7, 11) is 0. The molecular weight excluding hydrogens is 364 g/mol. The lowest BCUT2D eigenvalue weighted by Crippen LogP contribution is -2.11. The van der Waals surface area contributed by atoms with E-state index in [0.717, 1.165) is 14.5 Å². The van der Waals surface area contributed by atoms with E-state index in [0.29, 0.717) is 17.6 Å². The first-order valence-corrected chi connectivity index (χ1v) is 6.62. The van der Waals surface area contributed by atoms with Crippen molar-refractivity contribution in [3.8, 4) is 11.6 Å². The van der Waals surface area contributed by atoms with Gasteiger partial charge in [0.05, 0.1) is 4.47 Å². The number of nitrogens with zero attached hydrogens (tertiary/aromatic N) is 2. The zero-order valence-electron chi connectivity index (χ0n) is 9.45. The molecule has 0 aliphatic rings. The summed E-state index contributed by atoms with van der Waals surface area (Å²) in [6, 6.07) is 5.62. The fourth-order valence-electron chi connectivity index (χ4n) is 1.26. The van der Waals surface area contributed by atoms with Gasteiger partial charge in [-0.25, -0.2) is 10.8 Å². The van der Waals surface area contributed by atoms with E-state index in [9.17, 15) is 0 Å². The maximum atomic E-state index is 5.72. The van der Waals surface area contributed by atoms with Gasteiger partial charge in [-0.15, -0.1) is 0 Å². The summed E-state index contributed by atoms with van der Waals surface area (Å²) in [5.41, 5.74) is 3.21. The van der Waals surface area contributed by atoms with Gasteiger partial charge in [-0.1, -0.05) is 15.9 Å². The number of hydrogen-bond acceptors (Lipinski definition) is 5. The molecule has 0 bridgehead atoms. The number of rotatable bonds is 3. The van der Waals surface area contributed by atoms with E-state index >= 15 is 0 Å². The maximum Gasteiger partial charge on any atom is 0.240 e. The van der Waals surface area contributed by atoms with Crippen LogP contribution in [-0.4, -0.2) is 9.97 Å². The van der Waals surface area contributed by atoms with Crippen LogP contribution in [0.4, 0.5) is 5.95 Å². The molecule has 1 aromatic carbocycles. The van der Waals surface area contributed by atoms with Gasteiger partial charge in [-0.2, -0.15) is 4.98 Å². The minimum Gasteiger partial charge on any atom is -0.437 e. The lowest BCUT2D eigenvalue weighted by molar-refractivity contribution is 0.455. The van der Waals surface area contributed by atoms with Crippen molar-refractivity contribution in [1.29, 1.82) is 0 Å². The molecular formula is C11H10Br2N4O. The Hall–Kier alpha value is -1.18. The van der Waals surface area contributed by atoms with Gasteiger partial charge in [-0.3, -0.25) is 5.43 Å². The SMILES string of the molecule is Cc1cnc(NN)nc1Oc1ccc(Br)cc1Br. The third-order valence-corrected chi connectivity index (χ3v) is 3.27. The van der Waals surface area contributed by atoms with Crippen LogP contribution >= 0.6 is 31.9 Å². The van der Waals surface area contributed by atoms with E-state index < -0.39 is 0 Å². The summed E-state index contributed by atoms with van der Waals surface area (Å²) in [5.74, 6) is 6.70. The molecule has 1 heterocycles. The Kier molecular flexibility index (Phi) is 4.15. The Morgan fingerprint density at radius 3 is 2.78 bits per heavy atom. The number of nitrogens with two attached hydrogens (primary N) is 1. The molecule has 0 aliphatic carbocycles. The minimum absolute atomic E-state index is 0.309. The number of anilines is 1. The average molecular weight is 374 g/mol. The third-order valence-electron chi connectivity index (χ3n) is 2.15. The van der Waals surface area contributed by atoms with Crippen LogP contribution in [0.25, 0.3) is 0 Å². The van der Waals surface area contributed by atoms with Gasteiger partial charge in [0, 0.05) is 16.2 Å². The number of hydrogen-bond donors (Lipinski definition) is 2. The van der Waals surface area contributed by atoms with Gasteiger partial charge >= 0.3 is 0 Å². The second-order valence-corrected chi connectivity index (χ2v) is 5.27. The van der Waals surface area contributed by atoms with Crippen molar-refractivity contribution in [3.05, 3.63) is 38.9 Å². The van der Waals surface area contributed by atoms with Gasteiger partial charge in [-0.05, 0) is 41.1 Å². The number of nitrogen functional groups attached to an aromatic ring is 1. The number of nitrogens with one attached hydrogen (secondary N) is 1. The molecule has 2 rings (SSSR count). The summed E-state index contributed by atoms with van der Waals surface area (Å²) in [4.78, 5) is 8.14. The van der Waals surface area contributed by atoms with Crippen molar-refractivity contribution >= 4 is 37.8 Å². The molecule has 0 aliphatic heterocycles. The highest BCUT2D eigenvalue weighted by Gasteiger charge is 2.08. The highest BCUT2D eigenvalue weighted by molar-refractivity contribution is 9.11. The number of aromatic nitrogens is 2. The Bertz CT molecular complexity index is 577. The van der Waals surface area contributed by atoms with Crippen LogP contribution in [0, 0.1) is 6.92 Å². The molecule has 0 atom stereocenters. The van der Waals surface area contributed by atoms with E-state index in [4.69, 9.17) is 10.6 Å². The Morgan fingerprint density at radius 1 is 1.33 bits per heavy atom. The largest absolute Gasteiger partial charge is 0.437 e. The average Bonchev–Trinajstić information content (AvgIpc) is 2.35. The van der Waals surface area contributed by atoms with Crippen LogP contribution in [0.1, 0.15) is 5.56 Å². The molecule has 0 saturated heterocycles. The van der Waals surface area contributed by atoms with Gasteiger partial charge in [0.15, 0.2) is 0 Å². The molecule has 3 N–H and O–H groups in total. The second kappa shape index (κ2) is 5.64. The van der Waals surface area contributed by atoms with Crippen molar-refractivity contribution in [3.63, 3.8) is 0 Å². The topological polar surface area (TPSA) is 73.1 Å². The summed E-state index contributed by atoms with van der Waals surface area (Å²) in [6.45, 7) is 1.86. The fraction of sp³-hybridized carbons (Fsp3) is 0.0909. The van der Waals surface area contributed by atoms with Crippen molar-refractivity contribution in [2.75, 3.05) is 5.43 Å². The van der Waals surface area contributed by atoms with E-state index in [1.165, 1.54) is 0 Å². The van der Waals surface area contributed by atoms with Crippen molar-refractivity contribution in [2.24, 2.45) is 5.84 Å². The van der Waals surface area contributed by atoms with E-state index in [1.807, 2.05) is 25.1 Å². The summed E-state index contributed by atoms with van der Waals surface area (Å²) < 4.78 is 7.52. The smallest absolute Gasteiger partial charge is 0.240 e. The molecule has 5 nitrogen and oxygen atoms in total. The van der Waals surface area contributed by atoms with Crippen LogP contribution in [0.3, 0.4) is 0 Å². The zero-order valence-corrected chi connectivity index (χ0v) is 12.6. The Balaban J connectivity index is 2.33. The zero-order chi connectivity index (χ0) is 13.1. The minimum atomic E-state index is 0.309. The summed E-state index contributed by atoms with van der Waals surface area (Å²) in [6.07, 6.45) is 1.64. The molecule has 0 radical (unpaired) electrons. The lowest BCUT2D eigenvalue weighted by Gasteiger charge is -2.10. The molecule has 0 spiro atoms. The highest BCUT2D eigenvalue weighted by Crippen LogP contribution is 2.32. The van der Waals surface area contributed by atoms with Crippen molar-refractivity contribution in [1.82, 2.24) is 9.97 Å². The predicted octanol–water partition coefficient (Wildman–Crippen LogP) is 3.39. The summed E-state index contributed by atoms with van der Waals surface area (Å²) >= 11 is 6.81. The molecule has 2 aromatic rings. The highest BCUT2D eigenvalue weighted by atomic mass is 79.9. The normalized spacial score (nSPS) is 10.2. The monoisotopic (exact) mass is 372 g/mol. The maximum absolute atomic E-state index is 5.72. The Labute approximate surface area is 121 Å². The van der Waals surface area contributed by atoms with E-state index in [2.05, 4.69) is 47.3 Å². The molecule has 0 fully saturated rings. The fourth-order valence-corrected chi connectivity index (χ4v) is 2.39. The molecule has 7 heteroatoms. The predicted molar refractivity (Wildman–Crippen MR) is 76.5 cm³/mol. The number of halogens is 2. The van der Waals surface area contributed by atoms with Crippen LogP contribution in [0.15, 0.2) is 33.3 Å². The summed E-state index contributed by atoms with van der Waals surface area (Å²) in [5, 5.41) is 0. The van der Waals surface area contributed by atoms with Crippen LogP contribution in [0.5, 0.6) is 11.6 Å². The number of aryl methyl sites for hydroxylation is 1. The number of benzene rings is 1. The first-order chi connectivity index (χ1) is 8.60. The molecule has 0 unspecified atom stereocenters.